The average molecular weight is 390 g/mol. The molecule has 7 heteroatoms. The van der Waals surface area contributed by atoms with Gasteiger partial charge in [-0.25, -0.2) is 0 Å². The SMILES string of the molecule is CCOP(=S)(OCC)O/C(=C(\C#N)CBr)c1ccccc1. The van der Waals surface area contributed by atoms with Gasteiger partial charge in [-0.1, -0.05) is 46.3 Å². The van der Waals surface area contributed by atoms with Crippen molar-refractivity contribution in [1.82, 2.24) is 0 Å². The predicted molar refractivity (Wildman–Crippen MR) is 91.4 cm³/mol. The summed E-state index contributed by atoms with van der Waals surface area (Å²) < 4.78 is 16.8. The van der Waals surface area contributed by atoms with Gasteiger partial charge in [0.25, 0.3) is 0 Å². The summed E-state index contributed by atoms with van der Waals surface area (Å²) in [5.41, 5.74) is 1.21. The predicted octanol–water partition coefficient (Wildman–Crippen LogP) is 4.63. The van der Waals surface area contributed by atoms with E-state index in [9.17, 15) is 5.26 Å². The molecule has 0 aliphatic carbocycles. The molecule has 21 heavy (non-hydrogen) atoms. The Kier molecular flexibility index (Phi) is 8.16. The molecule has 0 saturated carbocycles. The number of benzene rings is 1. The lowest BCUT2D eigenvalue weighted by atomic mass is 10.1. The first kappa shape index (κ1) is 18.3. The van der Waals surface area contributed by atoms with Crippen LogP contribution in [-0.2, 0) is 25.4 Å². The second-order valence-corrected chi connectivity index (χ2v) is 7.29. The fourth-order valence-electron chi connectivity index (χ4n) is 1.53. The van der Waals surface area contributed by atoms with Crippen LogP contribution in [0.1, 0.15) is 19.4 Å². The van der Waals surface area contributed by atoms with Crippen molar-refractivity contribution in [3.63, 3.8) is 0 Å². The summed E-state index contributed by atoms with van der Waals surface area (Å²) in [6.07, 6.45) is 0. The molecule has 1 rings (SSSR count). The van der Waals surface area contributed by atoms with Crippen molar-refractivity contribution in [3.05, 3.63) is 41.5 Å². The zero-order valence-electron chi connectivity index (χ0n) is 11.9. The van der Waals surface area contributed by atoms with Crippen LogP contribution in [-0.4, -0.2) is 18.5 Å². The van der Waals surface area contributed by atoms with Crippen LogP contribution < -0.4 is 0 Å². The minimum atomic E-state index is -2.92. The second-order valence-electron chi connectivity index (χ2n) is 3.79. The normalized spacial score (nSPS) is 12.5. The van der Waals surface area contributed by atoms with E-state index in [-0.39, 0.29) is 0 Å². The van der Waals surface area contributed by atoms with Crippen molar-refractivity contribution in [2.24, 2.45) is 0 Å². The standard InChI is InChI=1S/C14H17BrNO3PS/c1-3-17-20(21,18-4-2)19-14(13(10-15)11-16)12-8-6-5-7-9-12/h5-9H,3-4,10H2,1-2H3/b14-13-. The highest BCUT2D eigenvalue weighted by Gasteiger charge is 2.25. The summed E-state index contributed by atoms with van der Waals surface area (Å²) >= 11 is 8.67. The van der Waals surface area contributed by atoms with Crippen LogP contribution in [0.25, 0.3) is 5.76 Å². The minimum Gasteiger partial charge on any atom is -0.422 e. The highest BCUT2D eigenvalue weighted by Crippen LogP contribution is 2.53. The lowest BCUT2D eigenvalue weighted by Crippen LogP contribution is -2.02. The van der Waals surface area contributed by atoms with Crippen molar-refractivity contribution in [2.45, 2.75) is 13.8 Å². The molecule has 1 aromatic carbocycles. The van der Waals surface area contributed by atoms with Gasteiger partial charge in [-0.2, -0.15) is 5.26 Å². The first-order chi connectivity index (χ1) is 10.1. The summed E-state index contributed by atoms with van der Waals surface area (Å²) in [7, 11) is 0. The van der Waals surface area contributed by atoms with E-state index in [4.69, 9.17) is 25.4 Å². The zero-order valence-corrected chi connectivity index (χ0v) is 15.2. The van der Waals surface area contributed by atoms with Crippen LogP contribution in [0, 0.1) is 11.3 Å². The summed E-state index contributed by atoms with van der Waals surface area (Å²) in [5, 5.41) is 9.66. The summed E-state index contributed by atoms with van der Waals surface area (Å²) in [6, 6.07) is 11.5. The maximum absolute atomic E-state index is 9.29. The van der Waals surface area contributed by atoms with Crippen molar-refractivity contribution >= 4 is 40.2 Å². The Morgan fingerprint density at radius 3 is 2.24 bits per heavy atom. The molecule has 0 heterocycles. The average Bonchev–Trinajstić information content (AvgIpc) is 2.49. The molecule has 4 nitrogen and oxygen atoms in total. The van der Waals surface area contributed by atoms with Gasteiger partial charge in [0.05, 0.1) is 24.9 Å². The molecule has 0 radical (unpaired) electrons. The minimum absolute atomic E-state index is 0.362. The Morgan fingerprint density at radius 2 is 1.81 bits per heavy atom. The lowest BCUT2D eigenvalue weighted by Gasteiger charge is -2.23. The number of hydrogen-bond donors (Lipinski definition) is 0. The van der Waals surface area contributed by atoms with E-state index in [1.807, 2.05) is 44.2 Å². The van der Waals surface area contributed by atoms with Crippen molar-refractivity contribution < 1.29 is 13.6 Å². The summed E-state index contributed by atoms with van der Waals surface area (Å²) in [5.74, 6) is 0.403. The quantitative estimate of drug-likeness (QED) is 0.280. The van der Waals surface area contributed by atoms with Crippen LogP contribution in [0.3, 0.4) is 0 Å². The van der Waals surface area contributed by atoms with Gasteiger partial charge in [-0.3, -0.25) is 9.05 Å². The molecule has 0 aliphatic heterocycles. The second kappa shape index (κ2) is 9.34. The van der Waals surface area contributed by atoms with Crippen LogP contribution in [0.2, 0.25) is 0 Å². The molecule has 0 aliphatic rings. The van der Waals surface area contributed by atoms with Gasteiger partial charge < -0.3 is 4.52 Å². The number of rotatable bonds is 8. The molecule has 0 spiro atoms. The number of allylic oxidation sites excluding steroid dienone is 1. The maximum Gasteiger partial charge on any atom is 0.380 e. The third kappa shape index (κ3) is 5.54. The van der Waals surface area contributed by atoms with Crippen LogP contribution in [0.4, 0.5) is 0 Å². The van der Waals surface area contributed by atoms with Gasteiger partial charge in [-0.05, 0) is 13.8 Å². The number of alkyl halides is 1. The van der Waals surface area contributed by atoms with E-state index in [1.54, 1.807) is 0 Å². The zero-order chi connectivity index (χ0) is 15.7. The molecule has 0 amide bonds. The monoisotopic (exact) mass is 389 g/mol. The molecular weight excluding hydrogens is 373 g/mol. The third-order valence-electron chi connectivity index (χ3n) is 2.36. The topological polar surface area (TPSA) is 51.5 Å². The highest BCUT2D eigenvalue weighted by molar-refractivity contribution is 9.09. The third-order valence-corrected chi connectivity index (χ3v) is 5.33. The molecule has 0 bridgehead atoms. The van der Waals surface area contributed by atoms with Crippen molar-refractivity contribution in [1.29, 1.82) is 5.26 Å². The Morgan fingerprint density at radius 1 is 1.24 bits per heavy atom. The van der Waals surface area contributed by atoms with Gasteiger partial charge in [0.15, 0.2) is 5.76 Å². The van der Waals surface area contributed by atoms with E-state index in [1.165, 1.54) is 0 Å². The number of nitrogens with zero attached hydrogens (tertiary/aromatic N) is 1. The Hall–Kier alpha value is -0.700. The summed E-state index contributed by atoms with van der Waals surface area (Å²) in [4.78, 5) is 0. The largest absolute Gasteiger partial charge is 0.422 e. The fraction of sp³-hybridized carbons (Fsp3) is 0.357. The molecule has 0 unspecified atom stereocenters. The van der Waals surface area contributed by atoms with E-state index in [2.05, 4.69) is 22.0 Å². The summed E-state index contributed by atoms with van der Waals surface area (Å²) in [6.45, 7) is 1.50. The molecule has 1 aromatic rings. The molecule has 114 valence electrons. The maximum atomic E-state index is 9.29. The van der Waals surface area contributed by atoms with E-state index >= 15 is 0 Å². The first-order valence-corrected chi connectivity index (χ1v) is 10.1. The van der Waals surface area contributed by atoms with E-state index in [0.29, 0.717) is 29.9 Å². The van der Waals surface area contributed by atoms with Gasteiger partial charge >= 0.3 is 6.72 Å². The number of halogens is 1. The number of nitriles is 1. The van der Waals surface area contributed by atoms with Crippen LogP contribution in [0.5, 0.6) is 0 Å². The Labute approximate surface area is 139 Å². The fourth-order valence-corrected chi connectivity index (χ4v) is 4.02. The molecular formula is C14H17BrNO3PS. The van der Waals surface area contributed by atoms with Gasteiger partial charge in [-0.15, -0.1) is 0 Å². The molecule has 0 aromatic heterocycles. The number of hydrogen-bond acceptors (Lipinski definition) is 5. The Balaban J connectivity index is 3.24. The molecule has 0 atom stereocenters. The smallest absolute Gasteiger partial charge is 0.380 e. The van der Waals surface area contributed by atoms with Gasteiger partial charge in [0.2, 0.25) is 0 Å². The lowest BCUT2D eigenvalue weighted by molar-refractivity contribution is 0.209. The van der Waals surface area contributed by atoms with Crippen LogP contribution >= 0.6 is 22.6 Å². The van der Waals surface area contributed by atoms with Crippen molar-refractivity contribution in [2.75, 3.05) is 18.5 Å². The van der Waals surface area contributed by atoms with Crippen LogP contribution in [0.15, 0.2) is 35.9 Å². The van der Waals surface area contributed by atoms with Crippen molar-refractivity contribution in [3.8, 4) is 6.07 Å². The highest BCUT2D eigenvalue weighted by atomic mass is 79.9. The van der Waals surface area contributed by atoms with Gasteiger partial charge in [0, 0.05) is 22.7 Å². The molecule has 0 N–H and O–H groups in total. The molecule has 0 fully saturated rings. The Bertz CT molecular complexity index is 561. The van der Waals surface area contributed by atoms with E-state index in [0.717, 1.165) is 5.56 Å². The van der Waals surface area contributed by atoms with E-state index < -0.39 is 6.72 Å². The first-order valence-electron chi connectivity index (χ1n) is 6.43. The molecule has 0 saturated heterocycles. The van der Waals surface area contributed by atoms with Gasteiger partial charge in [0.1, 0.15) is 0 Å².